The molecule has 0 aromatic rings. The number of aliphatic hydroxyl groups is 1. The first-order valence-corrected chi connectivity index (χ1v) is 17.6. The molecule has 2 N–H and O–H groups in total. The second kappa shape index (κ2) is 68.1. The van der Waals surface area contributed by atoms with Crippen LogP contribution in [0.15, 0.2) is 25.5 Å². The summed E-state index contributed by atoms with van der Waals surface area (Å²) in [4.78, 5) is 9.49. The summed E-state index contributed by atoms with van der Waals surface area (Å²) in [6, 6.07) is 0. The van der Waals surface area contributed by atoms with Crippen molar-refractivity contribution in [2.45, 2.75) is 196 Å². The topological polar surface area (TPSA) is 72.4 Å². The van der Waals surface area contributed by atoms with E-state index in [1.54, 1.807) is 6.92 Å². The zero-order valence-electron chi connectivity index (χ0n) is 30.9. The van der Waals surface area contributed by atoms with Crippen molar-refractivity contribution in [3.63, 3.8) is 0 Å². The quantitative estimate of drug-likeness (QED) is 0.0525. The standard InChI is InChI=1S/C19H41N.C6H14.C4H8O2.C4H8O.C2H6.C2H4.Na/c1-3-4-5-6-7-8-9-10-11-12-13-14-15-16-17-18-19-20-2;1-3-5-6-4-2;1-2-3-4(5)6;1-3-4(2)5;2*1-2;/h20H,3-19H2,1-2H3;3-6H2,1-2H3;2-3H2,1H3,(H,5,6);5H,2-3H2,1H3;1-2H3;1-2H2;/q;;;;;;+1/p-1. The normalized spacial score (nSPS) is 8.86. The second-order valence-electron chi connectivity index (χ2n) is 10.2. The summed E-state index contributed by atoms with van der Waals surface area (Å²) >= 11 is 0. The number of hydrogen-bond donors (Lipinski definition) is 2. The molecule has 0 saturated carbocycles. The minimum atomic E-state index is -0.961. The molecule has 5 heteroatoms. The predicted molar refractivity (Wildman–Crippen MR) is 188 cm³/mol. The van der Waals surface area contributed by atoms with Crippen molar-refractivity contribution in [2.24, 2.45) is 0 Å². The monoisotopic (exact) mass is 610 g/mol. The van der Waals surface area contributed by atoms with E-state index in [1.165, 1.54) is 135 Å². The second-order valence-corrected chi connectivity index (χ2v) is 10.2. The number of carbonyl (C=O) groups is 1. The van der Waals surface area contributed by atoms with E-state index in [0.29, 0.717) is 12.8 Å². The number of unbranched alkanes of at least 4 members (excludes halogenated alkanes) is 18. The van der Waals surface area contributed by atoms with Gasteiger partial charge in [-0.05, 0) is 26.4 Å². The van der Waals surface area contributed by atoms with Gasteiger partial charge in [0.25, 0.3) is 0 Å². The Morgan fingerprint density at radius 1 is 0.595 bits per heavy atom. The van der Waals surface area contributed by atoms with Crippen LogP contribution in [0, 0.1) is 0 Å². The number of carboxylic acid groups (broad SMARTS) is 1. The Morgan fingerprint density at radius 3 is 1.00 bits per heavy atom. The molecule has 0 spiro atoms. The molecule has 0 aliphatic carbocycles. The van der Waals surface area contributed by atoms with Gasteiger partial charge in [0.2, 0.25) is 0 Å². The Labute approximate surface area is 289 Å². The SMILES string of the molecule is C=C.C=C(O)CC.CC.CCCC(=O)[O-].CCCCCC.CCCCCCCCCCCCCCCCCCNC.[Na+]. The van der Waals surface area contributed by atoms with Crippen molar-refractivity contribution < 1.29 is 44.6 Å². The first-order valence-electron chi connectivity index (χ1n) is 17.6. The number of aliphatic hydroxyl groups excluding tert-OH is 1. The molecular weight excluding hydrogens is 529 g/mol. The number of allylic oxidation sites excluding steroid dienone is 1. The summed E-state index contributed by atoms with van der Waals surface area (Å²) < 4.78 is 0. The van der Waals surface area contributed by atoms with Gasteiger partial charge in [-0.2, -0.15) is 0 Å². The van der Waals surface area contributed by atoms with Crippen molar-refractivity contribution in [2.75, 3.05) is 13.6 Å². The Kier molecular flexibility index (Phi) is 93.0. The van der Waals surface area contributed by atoms with Crippen LogP contribution < -0.4 is 40.0 Å². The summed E-state index contributed by atoms with van der Waals surface area (Å²) in [5.41, 5.74) is 0. The van der Waals surface area contributed by atoms with Gasteiger partial charge in [-0.15, -0.1) is 13.2 Å². The molecular formula is C37H80NNaO3. The van der Waals surface area contributed by atoms with Gasteiger partial charge in [0, 0.05) is 12.4 Å². The van der Waals surface area contributed by atoms with Gasteiger partial charge >= 0.3 is 29.6 Å². The van der Waals surface area contributed by atoms with E-state index in [4.69, 9.17) is 5.11 Å². The molecule has 0 radical (unpaired) electrons. The zero-order chi connectivity index (χ0) is 32.8. The molecule has 0 rings (SSSR count). The molecule has 0 aromatic carbocycles. The number of rotatable bonds is 23. The molecule has 0 atom stereocenters. The van der Waals surface area contributed by atoms with Crippen molar-refractivity contribution >= 4 is 5.97 Å². The van der Waals surface area contributed by atoms with E-state index in [2.05, 4.69) is 45.8 Å². The average molecular weight is 610 g/mol. The third-order valence-electron chi connectivity index (χ3n) is 6.10. The van der Waals surface area contributed by atoms with Gasteiger partial charge in [-0.1, -0.05) is 183 Å². The maximum atomic E-state index is 9.49. The molecule has 0 unspecified atom stereocenters. The molecule has 0 aliphatic heterocycles. The fourth-order valence-electron chi connectivity index (χ4n) is 3.55. The van der Waals surface area contributed by atoms with Crippen LogP contribution in [0.2, 0.25) is 0 Å². The van der Waals surface area contributed by atoms with Crippen LogP contribution in [-0.2, 0) is 4.79 Å². The van der Waals surface area contributed by atoms with Crippen LogP contribution >= 0.6 is 0 Å². The van der Waals surface area contributed by atoms with E-state index in [0.717, 1.165) is 0 Å². The molecule has 0 aliphatic rings. The molecule has 252 valence electrons. The fourth-order valence-corrected chi connectivity index (χ4v) is 3.55. The number of nitrogens with one attached hydrogen (secondary N) is 1. The van der Waals surface area contributed by atoms with Crippen molar-refractivity contribution in [1.29, 1.82) is 0 Å². The Hall–Kier alpha value is -0.290. The van der Waals surface area contributed by atoms with Crippen LogP contribution in [0.1, 0.15) is 196 Å². The van der Waals surface area contributed by atoms with Crippen LogP contribution in [0.3, 0.4) is 0 Å². The average Bonchev–Trinajstić information content (AvgIpc) is 2.99. The number of hydrogen-bond acceptors (Lipinski definition) is 4. The molecule has 42 heavy (non-hydrogen) atoms. The van der Waals surface area contributed by atoms with Crippen molar-refractivity contribution in [3.8, 4) is 0 Å². The molecule has 0 saturated heterocycles. The number of aliphatic carboxylic acids is 1. The first kappa shape index (κ1) is 57.4. The fraction of sp³-hybridized carbons (Fsp3) is 0.865. The minimum Gasteiger partial charge on any atom is -0.550 e. The van der Waals surface area contributed by atoms with Gasteiger partial charge in [0.05, 0.1) is 5.76 Å². The summed E-state index contributed by atoms with van der Waals surface area (Å²) in [5, 5.41) is 20.9. The van der Waals surface area contributed by atoms with Crippen LogP contribution in [0.5, 0.6) is 0 Å². The van der Waals surface area contributed by atoms with Crippen LogP contribution in [0.25, 0.3) is 0 Å². The summed E-state index contributed by atoms with van der Waals surface area (Å²) in [5.74, 6) is -0.706. The summed E-state index contributed by atoms with van der Waals surface area (Å²) in [7, 11) is 2.05. The first-order chi connectivity index (χ1) is 19.9. The maximum Gasteiger partial charge on any atom is 1.00 e. The molecule has 0 amide bonds. The Balaban J connectivity index is -0.0000000910. The molecule has 0 fully saturated rings. The van der Waals surface area contributed by atoms with E-state index in [9.17, 15) is 9.90 Å². The van der Waals surface area contributed by atoms with Crippen molar-refractivity contribution in [1.82, 2.24) is 5.32 Å². The maximum absolute atomic E-state index is 9.49. The van der Waals surface area contributed by atoms with Crippen LogP contribution in [-0.4, -0.2) is 24.7 Å². The summed E-state index contributed by atoms with van der Waals surface area (Å²) in [6.07, 6.45) is 30.3. The third-order valence-corrected chi connectivity index (χ3v) is 6.10. The van der Waals surface area contributed by atoms with Crippen molar-refractivity contribution in [3.05, 3.63) is 25.5 Å². The van der Waals surface area contributed by atoms with E-state index in [1.807, 2.05) is 27.8 Å². The van der Waals surface area contributed by atoms with Crippen LogP contribution in [0.4, 0.5) is 0 Å². The molecule has 0 bridgehead atoms. The Bertz CT molecular complexity index is 398. The van der Waals surface area contributed by atoms with Gasteiger partial charge in [0.15, 0.2) is 0 Å². The van der Waals surface area contributed by atoms with E-state index < -0.39 is 5.97 Å². The van der Waals surface area contributed by atoms with Gasteiger partial charge < -0.3 is 20.3 Å². The molecule has 0 heterocycles. The van der Waals surface area contributed by atoms with Gasteiger partial charge in [-0.25, -0.2) is 0 Å². The number of carboxylic acids is 1. The molecule has 0 aromatic heterocycles. The van der Waals surface area contributed by atoms with E-state index >= 15 is 0 Å². The smallest absolute Gasteiger partial charge is 0.550 e. The third kappa shape index (κ3) is 97.5. The number of carbonyl (C=O) groups excluding carboxylic acids is 1. The minimum absolute atomic E-state index is 0. The van der Waals surface area contributed by atoms with E-state index in [-0.39, 0.29) is 41.7 Å². The van der Waals surface area contributed by atoms with Gasteiger partial charge in [-0.3, -0.25) is 0 Å². The predicted octanol–water partition coefficient (Wildman–Crippen LogP) is 8.89. The largest absolute Gasteiger partial charge is 1.00 e. The van der Waals surface area contributed by atoms with Gasteiger partial charge in [0.1, 0.15) is 0 Å². The summed E-state index contributed by atoms with van der Waals surface area (Å²) in [6.45, 7) is 24.8. The zero-order valence-corrected chi connectivity index (χ0v) is 32.9. The Morgan fingerprint density at radius 2 is 0.833 bits per heavy atom. The molecule has 4 nitrogen and oxygen atoms in total.